The molecule has 0 saturated heterocycles. The zero-order valence-electron chi connectivity index (χ0n) is 11.7. The predicted molar refractivity (Wildman–Crippen MR) is 70.1 cm³/mol. The smallest absolute Gasteiger partial charge is 0.373 e. The lowest BCUT2D eigenvalue weighted by Gasteiger charge is -2.27. The van der Waals surface area contributed by atoms with E-state index in [2.05, 4.69) is 16.6 Å². The van der Waals surface area contributed by atoms with Gasteiger partial charge in [0, 0.05) is 19.7 Å². The van der Waals surface area contributed by atoms with Gasteiger partial charge in [0.05, 0.1) is 19.8 Å². The molecule has 106 valence electrons. The van der Waals surface area contributed by atoms with Gasteiger partial charge in [0.25, 0.3) is 0 Å². The first-order valence-electron chi connectivity index (χ1n) is 6.60. The van der Waals surface area contributed by atoms with Crippen LogP contribution in [0.2, 0.25) is 0 Å². The highest BCUT2D eigenvalue weighted by molar-refractivity contribution is 5.86. The highest BCUT2D eigenvalue weighted by atomic mass is 16.5. The van der Waals surface area contributed by atoms with Crippen molar-refractivity contribution in [1.29, 1.82) is 0 Å². The Morgan fingerprint density at radius 3 is 2.79 bits per heavy atom. The van der Waals surface area contributed by atoms with Crippen molar-refractivity contribution in [2.75, 3.05) is 27.4 Å². The molecule has 0 aromatic carbocycles. The predicted octanol–water partition coefficient (Wildman–Crippen LogP) is 2.24. The second kappa shape index (κ2) is 6.21. The number of ether oxygens (including phenoxy) is 2. The van der Waals surface area contributed by atoms with Crippen LogP contribution in [-0.4, -0.2) is 44.3 Å². The van der Waals surface area contributed by atoms with Gasteiger partial charge in [-0.2, -0.15) is 0 Å². The average molecular weight is 267 g/mol. The van der Waals surface area contributed by atoms with Crippen LogP contribution in [0.3, 0.4) is 0 Å². The number of nitrogens with zero attached hydrogens (tertiary/aromatic N) is 1. The molecule has 2 rings (SSSR count). The van der Waals surface area contributed by atoms with Gasteiger partial charge in [-0.3, -0.25) is 4.90 Å². The minimum Gasteiger partial charge on any atom is -0.463 e. The Kier molecular flexibility index (Phi) is 4.61. The van der Waals surface area contributed by atoms with E-state index in [1.54, 1.807) is 13.2 Å². The van der Waals surface area contributed by atoms with Crippen LogP contribution in [0.5, 0.6) is 0 Å². The summed E-state index contributed by atoms with van der Waals surface area (Å²) in [5.41, 5.74) is 0. The van der Waals surface area contributed by atoms with Crippen LogP contribution in [0.1, 0.15) is 42.1 Å². The number of hydrogen-bond acceptors (Lipinski definition) is 5. The van der Waals surface area contributed by atoms with Gasteiger partial charge in [0.1, 0.15) is 5.76 Å². The summed E-state index contributed by atoms with van der Waals surface area (Å²) in [6, 6.07) is 4.26. The van der Waals surface area contributed by atoms with Crippen LogP contribution >= 0.6 is 0 Å². The third kappa shape index (κ3) is 3.36. The van der Waals surface area contributed by atoms with Gasteiger partial charge < -0.3 is 13.9 Å². The molecule has 5 nitrogen and oxygen atoms in total. The SMILES string of the molecule is COCCN(C1CC1)C(C)c1ccc(C(=O)OC)o1. The first-order chi connectivity index (χ1) is 9.17. The van der Waals surface area contributed by atoms with Crippen molar-refractivity contribution in [1.82, 2.24) is 4.90 Å². The molecule has 1 aliphatic carbocycles. The maximum atomic E-state index is 11.4. The third-order valence-electron chi connectivity index (χ3n) is 3.49. The molecule has 1 fully saturated rings. The molecule has 1 unspecified atom stereocenters. The Bertz CT molecular complexity index is 425. The molecule has 0 amide bonds. The summed E-state index contributed by atoms with van der Waals surface area (Å²) < 4.78 is 15.4. The second-order valence-electron chi connectivity index (χ2n) is 4.83. The lowest BCUT2D eigenvalue weighted by atomic mass is 10.2. The molecule has 1 atom stereocenters. The highest BCUT2D eigenvalue weighted by Crippen LogP contribution is 2.34. The number of furan rings is 1. The fourth-order valence-electron chi connectivity index (χ4n) is 2.25. The molecule has 1 aliphatic rings. The van der Waals surface area contributed by atoms with Crippen LogP contribution in [0, 0.1) is 0 Å². The molecule has 0 aliphatic heterocycles. The van der Waals surface area contributed by atoms with E-state index in [0.717, 1.165) is 12.3 Å². The van der Waals surface area contributed by atoms with E-state index in [0.29, 0.717) is 12.6 Å². The summed E-state index contributed by atoms with van der Waals surface area (Å²) in [7, 11) is 3.06. The highest BCUT2D eigenvalue weighted by Gasteiger charge is 2.33. The van der Waals surface area contributed by atoms with Crippen molar-refractivity contribution in [3.05, 3.63) is 23.7 Å². The first-order valence-corrected chi connectivity index (χ1v) is 6.60. The topological polar surface area (TPSA) is 51.9 Å². The molecular formula is C14H21NO4. The van der Waals surface area contributed by atoms with Gasteiger partial charge in [0.2, 0.25) is 5.76 Å². The van der Waals surface area contributed by atoms with Crippen LogP contribution < -0.4 is 0 Å². The number of rotatable bonds is 7. The second-order valence-corrected chi connectivity index (χ2v) is 4.83. The molecule has 1 saturated carbocycles. The van der Waals surface area contributed by atoms with E-state index in [1.807, 2.05) is 6.07 Å². The summed E-state index contributed by atoms with van der Waals surface area (Å²) in [6.07, 6.45) is 2.44. The van der Waals surface area contributed by atoms with E-state index in [1.165, 1.54) is 20.0 Å². The fourth-order valence-corrected chi connectivity index (χ4v) is 2.25. The van der Waals surface area contributed by atoms with E-state index in [4.69, 9.17) is 9.15 Å². The largest absolute Gasteiger partial charge is 0.463 e. The normalized spacial score (nSPS) is 16.6. The van der Waals surface area contributed by atoms with Crippen LogP contribution in [0.15, 0.2) is 16.5 Å². The minimum absolute atomic E-state index is 0.140. The maximum absolute atomic E-state index is 11.4. The lowest BCUT2D eigenvalue weighted by molar-refractivity contribution is 0.0556. The number of methoxy groups -OCH3 is 2. The molecule has 1 aromatic heterocycles. The Hall–Kier alpha value is -1.33. The number of hydrogen-bond donors (Lipinski definition) is 0. The third-order valence-corrected chi connectivity index (χ3v) is 3.49. The van der Waals surface area contributed by atoms with Gasteiger partial charge >= 0.3 is 5.97 Å². The van der Waals surface area contributed by atoms with Gasteiger partial charge in [-0.15, -0.1) is 0 Å². The Balaban J connectivity index is 2.05. The minimum atomic E-state index is -0.437. The average Bonchev–Trinajstić information content (AvgIpc) is 3.14. The molecular weight excluding hydrogens is 246 g/mol. The Morgan fingerprint density at radius 2 is 2.21 bits per heavy atom. The van der Waals surface area contributed by atoms with Crippen molar-refractivity contribution in [2.45, 2.75) is 31.8 Å². The molecule has 1 aromatic rings. The molecule has 0 radical (unpaired) electrons. The summed E-state index contributed by atoms with van der Waals surface area (Å²) in [5.74, 6) is 0.614. The molecule has 0 N–H and O–H groups in total. The Morgan fingerprint density at radius 1 is 1.47 bits per heavy atom. The van der Waals surface area contributed by atoms with Crippen molar-refractivity contribution < 1.29 is 18.7 Å². The number of esters is 1. The monoisotopic (exact) mass is 267 g/mol. The van der Waals surface area contributed by atoms with Crippen LogP contribution in [0.25, 0.3) is 0 Å². The van der Waals surface area contributed by atoms with Gasteiger partial charge in [-0.25, -0.2) is 4.79 Å². The van der Waals surface area contributed by atoms with Crippen molar-refractivity contribution >= 4 is 5.97 Å². The quantitative estimate of drug-likeness (QED) is 0.709. The molecule has 19 heavy (non-hydrogen) atoms. The van der Waals surface area contributed by atoms with E-state index < -0.39 is 5.97 Å². The van der Waals surface area contributed by atoms with E-state index in [9.17, 15) is 4.79 Å². The lowest BCUT2D eigenvalue weighted by Crippen LogP contribution is -2.32. The zero-order chi connectivity index (χ0) is 13.8. The van der Waals surface area contributed by atoms with Crippen LogP contribution in [-0.2, 0) is 9.47 Å². The van der Waals surface area contributed by atoms with Crippen LogP contribution in [0.4, 0.5) is 0 Å². The Labute approximate surface area is 113 Å². The summed E-state index contributed by atoms with van der Waals surface area (Å²) >= 11 is 0. The van der Waals surface area contributed by atoms with Gasteiger partial charge in [-0.1, -0.05) is 0 Å². The first kappa shape index (κ1) is 14.1. The zero-order valence-corrected chi connectivity index (χ0v) is 11.7. The van der Waals surface area contributed by atoms with Crippen molar-refractivity contribution in [3.8, 4) is 0 Å². The van der Waals surface area contributed by atoms with E-state index in [-0.39, 0.29) is 11.8 Å². The summed E-state index contributed by atoms with van der Waals surface area (Å²) in [4.78, 5) is 13.8. The molecule has 5 heteroatoms. The fraction of sp³-hybridized carbons (Fsp3) is 0.643. The van der Waals surface area contributed by atoms with E-state index >= 15 is 0 Å². The number of carbonyl (C=O) groups is 1. The summed E-state index contributed by atoms with van der Waals surface area (Å²) in [5, 5.41) is 0. The molecule has 1 heterocycles. The summed E-state index contributed by atoms with van der Waals surface area (Å²) in [6.45, 7) is 3.66. The molecule has 0 bridgehead atoms. The van der Waals surface area contributed by atoms with Crippen molar-refractivity contribution in [3.63, 3.8) is 0 Å². The van der Waals surface area contributed by atoms with Gasteiger partial charge in [0.15, 0.2) is 0 Å². The number of carbonyl (C=O) groups excluding carboxylic acids is 1. The van der Waals surface area contributed by atoms with Gasteiger partial charge in [-0.05, 0) is 31.9 Å². The molecule has 0 spiro atoms. The maximum Gasteiger partial charge on any atom is 0.373 e. The van der Waals surface area contributed by atoms with Crippen molar-refractivity contribution in [2.24, 2.45) is 0 Å². The standard InChI is InChI=1S/C14H21NO4/c1-10(15(8-9-17-2)11-4-5-11)12-6-7-13(19-12)14(16)18-3/h6-7,10-11H,4-5,8-9H2,1-3H3.